The summed E-state index contributed by atoms with van der Waals surface area (Å²) in [5.74, 6) is 1.81. The van der Waals surface area contributed by atoms with Gasteiger partial charge in [-0.1, -0.05) is 0 Å². The maximum Gasteiger partial charge on any atom is 0.129 e. The third-order valence-corrected chi connectivity index (χ3v) is 3.80. The summed E-state index contributed by atoms with van der Waals surface area (Å²) >= 11 is 0. The summed E-state index contributed by atoms with van der Waals surface area (Å²) in [6, 6.07) is 0. The molecule has 0 bridgehead atoms. The first-order valence-corrected chi connectivity index (χ1v) is 6.85. The number of ether oxygens (including phenoxy) is 1. The molecule has 2 rings (SSSR count). The molecule has 1 atom stereocenters. The Morgan fingerprint density at radius 2 is 2.33 bits per heavy atom. The van der Waals surface area contributed by atoms with Gasteiger partial charge in [-0.25, -0.2) is 0 Å². The smallest absolute Gasteiger partial charge is 0.129 e. The van der Waals surface area contributed by atoms with E-state index in [1.54, 1.807) is 7.11 Å². The van der Waals surface area contributed by atoms with E-state index in [9.17, 15) is 0 Å². The van der Waals surface area contributed by atoms with Crippen molar-refractivity contribution in [2.24, 2.45) is 5.92 Å². The molecule has 1 aromatic heterocycles. The molecular weight excluding hydrogens is 228 g/mol. The van der Waals surface area contributed by atoms with Gasteiger partial charge in [0.2, 0.25) is 0 Å². The zero-order valence-corrected chi connectivity index (χ0v) is 11.5. The molecule has 18 heavy (non-hydrogen) atoms. The van der Waals surface area contributed by atoms with Crippen molar-refractivity contribution in [3.8, 4) is 0 Å². The molecule has 1 saturated heterocycles. The van der Waals surface area contributed by atoms with Crippen LogP contribution in [-0.4, -0.2) is 53.0 Å². The molecule has 1 unspecified atom stereocenters. The topological polar surface area (TPSA) is 43.2 Å². The molecular formula is C13H24N4O. The number of piperidine rings is 1. The molecule has 1 aliphatic rings. The second-order valence-electron chi connectivity index (χ2n) is 5.16. The van der Waals surface area contributed by atoms with Crippen molar-refractivity contribution in [1.82, 2.24) is 19.7 Å². The highest BCUT2D eigenvalue weighted by Gasteiger charge is 2.19. The molecule has 1 aromatic rings. The van der Waals surface area contributed by atoms with E-state index < -0.39 is 0 Å². The fourth-order valence-electron chi connectivity index (χ4n) is 2.66. The summed E-state index contributed by atoms with van der Waals surface area (Å²) in [5.41, 5.74) is 0. The van der Waals surface area contributed by atoms with Gasteiger partial charge in [0.25, 0.3) is 0 Å². The zero-order valence-electron chi connectivity index (χ0n) is 11.5. The van der Waals surface area contributed by atoms with Crippen LogP contribution in [0.25, 0.3) is 0 Å². The Labute approximate surface area is 109 Å². The number of rotatable bonds is 6. The number of likely N-dealkylation sites (tertiary alicyclic amines) is 1. The van der Waals surface area contributed by atoms with Gasteiger partial charge in [-0.2, -0.15) is 0 Å². The van der Waals surface area contributed by atoms with E-state index in [1.807, 2.05) is 13.3 Å². The van der Waals surface area contributed by atoms with Crippen LogP contribution in [0.3, 0.4) is 0 Å². The van der Waals surface area contributed by atoms with E-state index in [1.165, 1.54) is 32.4 Å². The Balaban J connectivity index is 1.74. The lowest BCUT2D eigenvalue weighted by Crippen LogP contribution is -2.37. The largest absolute Gasteiger partial charge is 0.385 e. The molecule has 0 spiro atoms. The number of hydrogen-bond acceptors (Lipinski definition) is 4. The van der Waals surface area contributed by atoms with E-state index >= 15 is 0 Å². The normalized spacial score (nSPS) is 21.3. The monoisotopic (exact) mass is 252 g/mol. The molecule has 5 heteroatoms. The molecule has 1 aliphatic heterocycles. The summed E-state index contributed by atoms with van der Waals surface area (Å²) in [7, 11) is 1.79. The van der Waals surface area contributed by atoms with Crippen LogP contribution in [0.5, 0.6) is 0 Å². The number of hydrogen-bond donors (Lipinski definition) is 0. The summed E-state index contributed by atoms with van der Waals surface area (Å²) in [5, 5.41) is 7.93. The summed E-state index contributed by atoms with van der Waals surface area (Å²) in [4.78, 5) is 2.56. The van der Waals surface area contributed by atoms with Crippen LogP contribution in [0.15, 0.2) is 6.33 Å². The summed E-state index contributed by atoms with van der Waals surface area (Å²) in [6.07, 6.45) is 5.68. The van der Waals surface area contributed by atoms with Gasteiger partial charge in [0, 0.05) is 33.4 Å². The molecule has 0 radical (unpaired) electrons. The minimum atomic E-state index is 0.806. The van der Waals surface area contributed by atoms with Crippen molar-refractivity contribution >= 4 is 0 Å². The van der Waals surface area contributed by atoms with E-state index in [4.69, 9.17) is 4.74 Å². The standard InChI is InChI=1S/C13H24N4O/c1-12-15-14-11-17(12)8-7-16-6-3-4-13(10-16)5-9-18-2/h11,13H,3-10H2,1-2H3. The first-order valence-electron chi connectivity index (χ1n) is 6.85. The lowest BCUT2D eigenvalue weighted by atomic mass is 9.95. The molecule has 0 aromatic carbocycles. The first kappa shape index (κ1) is 13.5. The van der Waals surface area contributed by atoms with E-state index in [2.05, 4.69) is 19.7 Å². The van der Waals surface area contributed by atoms with E-state index in [0.29, 0.717) is 0 Å². The lowest BCUT2D eigenvalue weighted by Gasteiger charge is -2.32. The fourth-order valence-corrected chi connectivity index (χ4v) is 2.66. The fraction of sp³-hybridized carbons (Fsp3) is 0.846. The number of aryl methyl sites for hydroxylation is 1. The van der Waals surface area contributed by atoms with Crippen molar-refractivity contribution in [2.45, 2.75) is 32.7 Å². The predicted octanol–water partition coefficient (Wildman–Crippen LogP) is 1.34. The van der Waals surface area contributed by atoms with Crippen LogP contribution in [0, 0.1) is 12.8 Å². The lowest BCUT2D eigenvalue weighted by molar-refractivity contribution is 0.125. The molecule has 0 aliphatic carbocycles. The Hall–Kier alpha value is -0.940. The minimum Gasteiger partial charge on any atom is -0.385 e. The molecule has 102 valence electrons. The molecule has 5 nitrogen and oxygen atoms in total. The van der Waals surface area contributed by atoms with Gasteiger partial charge in [0.15, 0.2) is 0 Å². The first-order chi connectivity index (χ1) is 8.79. The van der Waals surface area contributed by atoms with Crippen LogP contribution >= 0.6 is 0 Å². The van der Waals surface area contributed by atoms with Crippen molar-refractivity contribution in [3.63, 3.8) is 0 Å². The van der Waals surface area contributed by atoms with Crippen LogP contribution in [0.4, 0.5) is 0 Å². The van der Waals surface area contributed by atoms with Crippen LogP contribution < -0.4 is 0 Å². The summed E-state index contributed by atoms with van der Waals surface area (Å²) in [6.45, 7) is 7.43. The van der Waals surface area contributed by atoms with Gasteiger partial charge >= 0.3 is 0 Å². The maximum atomic E-state index is 5.18. The highest BCUT2D eigenvalue weighted by Crippen LogP contribution is 2.19. The average molecular weight is 252 g/mol. The Bertz CT molecular complexity index is 353. The maximum absolute atomic E-state index is 5.18. The summed E-state index contributed by atoms with van der Waals surface area (Å²) < 4.78 is 7.30. The minimum absolute atomic E-state index is 0.806. The predicted molar refractivity (Wildman–Crippen MR) is 70.4 cm³/mol. The third kappa shape index (κ3) is 3.78. The average Bonchev–Trinajstić information content (AvgIpc) is 2.80. The van der Waals surface area contributed by atoms with Crippen molar-refractivity contribution in [1.29, 1.82) is 0 Å². The van der Waals surface area contributed by atoms with Crippen molar-refractivity contribution in [3.05, 3.63) is 12.2 Å². The second kappa shape index (κ2) is 6.85. The molecule has 0 amide bonds. The second-order valence-corrected chi connectivity index (χ2v) is 5.16. The highest BCUT2D eigenvalue weighted by atomic mass is 16.5. The van der Waals surface area contributed by atoms with Gasteiger partial charge in [0.1, 0.15) is 12.2 Å². The molecule has 2 heterocycles. The quantitative estimate of drug-likeness (QED) is 0.766. The van der Waals surface area contributed by atoms with E-state index in [0.717, 1.165) is 31.4 Å². The molecule has 0 saturated carbocycles. The third-order valence-electron chi connectivity index (χ3n) is 3.80. The number of aromatic nitrogens is 3. The van der Waals surface area contributed by atoms with Gasteiger partial charge in [-0.05, 0) is 38.6 Å². The number of methoxy groups -OCH3 is 1. The van der Waals surface area contributed by atoms with Crippen LogP contribution in [0.2, 0.25) is 0 Å². The molecule has 1 fully saturated rings. The van der Waals surface area contributed by atoms with Gasteiger partial charge < -0.3 is 14.2 Å². The van der Waals surface area contributed by atoms with Crippen LogP contribution in [0.1, 0.15) is 25.1 Å². The zero-order chi connectivity index (χ0) is 12.8. The van der Waals surface area contributed by atoms with Gasteiger partial charge in [0.05, 0.1) is 0 Å². The van der Waals surface area contributed by atoms with Crippen molar-refractivity contribution < 1.29 is 4.74 Å². The van der Waals surface area contributed by atoms with E-state index in [-0.39, 0.29) is 0 Å². The van der Waals surface area contributed by atoms with Crippen molar-refractivity contribution in [2.75, 3.05) is 33.4 Å². The highest BCUT2D eigenvalue weighted by molar-refractivity contribution is 4.81. The Morgan fingerprint density at radius 3 is 3.06 bits per heavy atom. The Kier molecular flexibility index (Phi) is 5.13. The molecule has 0 N–H and O–H groups in total. The van der Waals surface area contributed by atoms with Crippen LogP contribution in [-0.2, 0) is 11.3 Å². The van der Waals surface area contributed by atoms with Gasteiger partial charge in [-0.3, -0.25) is 0 Å². The number of nitrogens with zero attached hydrogens (tertiary/aromatic N) is 4. The Morgan fingerprint density at radius 1 is 1.44 bits per heavy atom. The SMILES string of the molecule is COCCC1CCCN(CCn2cnnc2C)C1. The van der Waals surface area contributed by atoms with Gasteiger partial charge in [-0.15, -0.1) is 10.2 Å².